The van der Waals surface area contributed by atoms with Crippen LogP contribution in [0.25, 0.3) is 11.3 Å². The van der Waals surface area contributed by atoms with Crippen molar-refractivity contribution in [2.75, 3.05) is 0 Å². The molecular weight excluding hydrogens is 266 g/mol. The molecule has 1 aliphatic rings. The second kappa shape index (κ2) is 4.48. The highest BCUT2D eigenvalue weighted by Crippen LogP contribution is 2.26. The average Bonchev–Trinajstić information content (AvgIpc) is 2.40. The SMILES string of the molecule is O=C1Cc2nc(-c3ccccc3F)c(F)cc2C(=O)N1. The van der Waals surface area contributed by atoms with Crippen molar-refractivity contribution < 1.29 is 18.4 Å². The van der Waals surface area contributed by atoms with E-state index < -0.39 is 23.4 Å². The van der Waals surface area contributed by atoms with Crippen LogP contribution in [-0.4, -0.2) is 16.8 Å². The van der Waals surface area contributed by atoms with Gasteiger partial charge in [0.15, 0.2) is 0 Å². The van der Waals surface area contributed by atoms with Crippen LogP contribution in [0.15, 0.2) is 30.3 Å². The molecule has 0 atom stereocenters. The highest BCUT2D eigenvalue weighted by atomic mass is 19.1. The molecule has 0 saturated carbocycles. The van der Waals surface area contributed by atoms with Crippen molar-refractivity contribution in [1.82, 2.24) is 10.3 Å². The summed E-state index contributed by atoms with van der Waals surface area (Å²) >= 11 is 0. The molecule has 20 heavy (non-hydrogen) atoms. The van der Waals surface area contributed by atoms with Gasteiger partial charge in [-0.05, 0) is 18.2 Å². The number of fused-ring (bicyclic) bond motifs is 1. The van der Waals surface area contributed by atoms with E-state index in [-0.39, 0.29) is 28.9 Å². The molecule has 0 radical (unpaired) electrons. The summed E-state index contributed by atoms with van der Waals surface area (Å²) in [7, 11) is 0. The molecule has 2 heterocycles. The largest absolute Gasteiger partial charge is 0.292 e. The van der Waals surface area contributed by atoms with Gasteiger partial charge in [-0.2, -0.15) is 0 Å². The van der Waals surface area contributed by atoms with Crippen LogP contribution in [-0.2, 0) is 11.2 Å². The van der Waals surface area contributed by atoms with Gasteiger partial charge in [0.2, 0.25) is 5.91 Å². The topological polar surface area (TPSA) is 59.1 Å². The quantitative estimate of drug-likeness (QED) is 0.807. The van der Waals surface area contributed by atoms with E-state index in [1.54, 1.807) is 6.07 Å². The monoisotopic (exact) mass is 274 g/mol. The molecule has 1 aromatic carbocycles. The Kier molecular flexibility index (Phi) is 2.78. The molecular formula is C14H8F2N2O2. The van der Waals surface area contributed by atoms with Crippen LogP contribution >= 0.6 is 0 Å². The molecule has 2 amide bonds. The minimum absolute atomic E-state index is 0.00203. The molecule has 1 aliphatic heterocycles. The zero-order chi connectivity index (χ0) is 14.3. The van der Waals surface area contributed by atoms with E-state index >= 15 is 0 Å². The third-order valence-corrected chi connectivity index (χ3v) is 3.01. The second-order valence-electron chi connectivity index (χ2n) is 4.35. The fourth-order valence-electron chi connectivity index (χ4n) is 2.09. The average molecular weight is 274 g/mol. The Morgan fingerprint density at radius 1 is 1.05 bits per heavy atom. The van der Waals surface area contributed by atoms with Gasteiger partial charge in [-0.15, -0.1) is 0 Å². The summed E-state index contributed by atoms with van der Waals surface area (Å²) in [5, 5.41) is 2.07. The molecule has 0 fully saturated rings. The molecule has 100 valence electrons. The Labute approximate surface area is 112 Å². The molecule has 1 N–H and O–H groups in total. The van der Waals surface area contributed by atoms with Crippen molar-refractivity contribution in [3.63, 3.8) is 0 Å². The van der Waals surface area contributed by atoms with Crippen molar-refractivity contribution in [3.05, 3.63) is 53.2 Å². The molecule has 0 aliphatic carbocycles. The van der Waals surface area contributed by atoms with Crippen LogP contribution in [0.4, 0.5) is 8.78 Å². The van der Waals surface area contributed by atoms with E-state index in [1.165, 1.54) is 18.2 Å². The number of hydrogen-bond acceptors (Lipinski definition) is 3. The van der Waals surface area contributed by atoms with Crippen molar-refractivity contribution in [2.24, 2.45) is 0 Å². The molecule has 0 saturated heterocycles. The summed E-state index contributed by atoms with van der Waals surface area (Å²) in [5.74, 6) is -2.63. The maximum Gasteiger partial charge on any atom is 0.259 e. The Balaban J connectivity index is 2.20. The zero-order valence-corrected chi connectivity index (χ0v) is 10.1. The van der Waals surface area contributed by atoms with Gasteiger partial charge >= 0.3 is 0 Å². The summed E-state index contributed by atoms with van der Waals surface area (Å²) in [4.78, 5) is 26.8. The minimum atomic E-state index is -0.807. The number of rotatable bonds is 1. The summed E-state index contributed by atoms with van der Waals surface area (Å²) < 4.78 is 27.7. The van der Waals surface area contributed by atoms with Crippen molar-refractivity contribution >= 4 is 11.8 Å². The van der Waals surface area contributed by atoms with Gasteiger partial charge in [0, 0.05) is 5.56 Å². The van der Waals surface area contributed by atoms with Gasteiger partial charge in [0.1, 0.15) is 17.3 Å². The first-order valence-electron chi connectivity index (χ1n) is 5.85. The maximum absolute atomic E-state index is 14.0. The van der Waals surface area contributed by atoms with E-state index in [4.69, 9.17) is 0 Å². The second-order valence-corrected chi connectivity index (χ2v) is 4.35. The molecule has 2 aromatic rings. The van der Waals surface area contributed by atoms with Gasteiger partial charge < -0.3 is 0 Å². The Morgan fingerprint density at radius 2 is 1.80 bits per heavy atom. The lowest BCUT2D eigenvalue weighted by Gasteiger charge is -2.16. The summed E-state index contributed by atoms with van der Waals surface area (Å²) in [6, 6.07) is 6.58. The fourth-order valence-corrected chi connectivity index (χ4v) is 2.09. The van der Waals surface area contributed by atoms with E-state index in [0.717, 1.165) is 6.07 Å². The number of aromatic nitrogens is 1. The molecule has 6 heteroatoms. The number of hydrogen-bond donors (Lipinski definition) is 1. The lowest BCUT2D eigenvalue weighted by molar-refractivity contribution is -0.119. The number of halogens is 2. The van der Waals surface area contributed by atoms with Crippen LogP contribution in [0.3, 0.4) is 0 Å². The molecule has 4 nitrogen and oxygen atoms in total. The number of amides is 2. The normalized spacial score (nSPS) is 13.9. The van der Waals surface area contributed by atoms with Crippen molar-refractivity contribution in [1.29, 1.82) is 0 Å². The number of benzene rings is 1. The van der Waals surface area contributed by atoms with Crippen molar-refractivity contribution in [3.8, 4) is 11.3 Å². The Morgan fingerprint density at radius 3 is 2.55 bits per heavy atom. The molecule has 0 unspecified atom stereocenters. The van der Waals surface area contributed by atoms with E-state index in [9.17, 15) is 18.4 Å². The minimum Gasteiger partial charge on any atom is -0.292 e. The van der Waals surface area contributed by atoms with Gasteiger partial charge in [-0.3, -0.25) is 14.9 Å². The third-order valence-electron chi connectivity index (χ3n) is 3.01. The first-order chi connectivity index (χ1) is 9.56. The summed E-state index contributed by atoms with van der Waals surface area (Å²) in [5.41, 5.74) is -0.0591. The van der Waals surface area contributed by atoms with Gasteiger partial charge in [0.25, 0.3) is 5.91 Å². The third kappa shape index (κ3) is 1.95. The van der Waals surface area contributed by atoms with Crippen LogP contribution in [0.5, 0.6) is 0 Å². The molecule has 0 bridgehead atoms. The smallest absolute Gasteiger partial charge is 0.259 e. The zero-order valence-electron chi connectivity index (χ0n) is 10.1. The first kappa shape index (κ1) is 12.4. The highest BCUT2D eigenvalue weighted by molar-refractivity contribution is 6.09. The Bertz CT molecular complexity index is 744. The predicted octanol–water partition coefficient (Wildman–Crippen LogP) is 1.84. The van der Waals surface area contributed by atoms with Crippen LogP contribution < -0.4 is 5.32 Å². The summed E-state index contributed by atoms with van der Waals surface area (Å²) in [6.45, 7) is 0. The highest BCUT2D eigenvalue weighted by Gasteiger charge is 2.26. The number of imide groups is 1. The number of nitrogens with zero attached hydrogens (tertiary/aromatic N) is 1. The number of carbonyl (C=O) groups is 2. The Hall–Kier alpha value is -2.63. The molecule has 0 spiro atoms. The van der Waals surface area contributed by atoms with Crippen molar-refractivity contribution in [2.45, 2.75) is 6.42 Å². The van der Waals surface area contributed by atoms with Crippen LogP contribution in [0, 0.1) is 11.6 Å². The summed E-state index contributed by atoms with van der Waals surface area (Å²) in [6.07, 6.45) is -0.136. The first-order valence-corrected chi connectivity index (χ1v) is 5.85. The standard InChI is InChI=1S/C14H8F2N2O2/c15-9-4-2-1-3-7(9)13-10(16)5-8-11(17-13)6-12(19)18-14(8)20/h1-5H,6H2,(H,18,19,20). The van der Waals surface area contributed by atoms with Gasteiger partial charge in [0.05, 0.1) is 17.7 Å². The van der Waals surface area contributed by atoms with E-state index in [1.807, 2.05) is 0 Å². The maximum atomic E-state index is 14.0. The fraction of sp³-hybridized carbons (Fsp3) is 0.0714. The van der Waals surface area contributed by atoms with Gasteiger partial charge in [-0.25, -0.2) is 13.8 Å². The van der Waals surface area contributed by atoms with E-state index in [0.29, 0.717) is 0 Å². The number of carbonyl (C=O) groups excluding carboxylic acids is 2. The van der Waals surface area contributed by atoms with Crippen LogP contribution in [0.1, 0.15) is 16.1 Å². The number of pyridine rings is 1. The molecule has 1 aromatic heterocycles. The van der Waals surface area contributed by atoms with Gasteiger partial charge in [-0.1, -0.05) is 12.1 Å². The predicted molar refractivity (Wildman–Crippen MR) is 65.8 cm³/mol. The number of nitrogens with one attached hydrogen (secondary N) is 1. The lowest BCUT2D eigenvalue weighted by Crippen LogP contribution is -2.38. The van der Waals surface area contributed by atoms with E-state index in [2.05, 4.69) is 10.3 Å². The van der Waals surface area contributed by atoms with Crippen LogP contribution in [0.2, 0.25) is 0 Å². The lowest BCUT2D eigenvalue weighted by atomic mass is 10.0. The molecule has 3 rings (SSSR count).